The first-order valence-electron chi connectivity index (χ1n) is 5.47. The maximum absolute atomic E-state index is 10.9. The van der Waals surface area contributed by atoms with Crippen molar-refractivity contribution in [3.8, 4) is 0 Å². The van der Waals surface area contributed by atoms with Gasteiger partial charge in [-0.25, -0.2) is 4.79 Å². The highest BCUT2D eigenvalue weighted by Gasteiger charge is 2.19. The summed E-state index contributed by atoms with van der Waals surface area (Å²) in [6.07, 6.45) is 1.60. The Balaban J connectivity index is 2.71. The van der Waals surface area contributed by atoms with Crippen LogP contribution in [0, 0.1) is 0 Å². The zero-order valence-corrected chi connectivity index (χ0v) is 10.3. The van der Waals surface area contributed by atoms with Gasteiger partial charge in [0, 0.05) is 30.1 Å². The number of aliphatic carboxylic acids is 1. The van der Waals surface area contributed by atoms with Gasteiger partial charge in [-0.15, -0.1) is 0 Å². The van der Waals surface area contributed by atoms with E-state index < -0.39 is 17.9 Å². The molecule has 8 nitrogen and oxygen atoms in total. The number of azide groups is 1. The number of hydrogen-bond acceptors (Lipinski definition) is 4. The van der Waals surface area contributed by atoms with Crippen molar-refractivity contribution in [2.75, 3.05) is 0 Å². The summed E-state index contributed by atoms with van der Waals surface area (Å²) in [6.45, 7) is 1.45. The summed E-state index contributed by atoms with van der Waals surface area (Å²) >= 11 is 0. The van der Waals surface area contributed by atoms with Crippen LogP contribution in [-0.2, 0) is 22.6 Å². The Labute approximate surface area is 109 Å². The summed E-state index contributed by atoms with van der Waals surface area (Å²) in [5.74, 6) is -1.53. The Morgan fingerprint density at radius 1 is 1.58 bits per heavy atom. The van der Waals surface area contributed by atoms with Crippen molar-refractivity contribution in [2.45, 2.75) is 25.9 Å². The first-order valence-corrected chi connectivity index (χ1v) is 5.47. The second-order valence-corrected chi connectivity index (χ2v) is 3.84. The summed E-state index contributed by atoms with van der Waals surface area (Å²) < 4.78 is 0. The molecule has 2 N–H and O–H groups in total. The van der Waals surface area contributed by atoms with Crippen molar-refractivity contribution in [2.24, 2.45) is 5.11 Å². The van der Waals surface area contributed by atoms with Gasteiger partial charge in [0.1, 0.15) is 6.04 Å². The van der Waals surface area contributed by atoms with Crippen LogP contribution in [0.1, 0.15) is 18.2 Å². The molecule has 1 aromatic heterocycles. The maximum Gasteiger partial charge on any atom is 0.326 e. The highest BCUT2D eigenvalue weighted by Crippen LogP contribution is 2.05. The van der Waals surface area contributed by atoms with Crippen molar-refractivity contribution in [3.63, 3.8) is 0 Å². The third kappa shape index (κ3) is 5.05. The average molecular weight is 263 g/mol. The largest absolute Gasteiger partial charge is 0.480 e. The number of carbonyl (C=O) groups excluding carboxylic acids is 1. The van der Waals surface area contributed by atoms with Crippen LogP contribution in [0.25, 0.3) is 10.4 Å². The first kappa shape index (κ1) is 14.5. The molecule has 0 saturated heterocycles. The Hall–Kier alpha value is -2.60. The van der Waals surface area contributed by atoms with Crippen molar-refractivity contribution in [1.82, 2.24) is 10.3 Å². The fraction of sp³-hybridized carbons (Fsp3) is 0.364. The Kier molecular flexibility index (Phi) is 5.31. The predicted molar refractivity (Wildman–Crippen MR) is 66.0 cm³/mol. The lowest BCUT2D eigenvalue weighted by Crippen LogP contribution is -2.41. The molecule has 0 aliphatic heterocycles. The first-order chi connectivity index (χ1) is 9.02. The molecular weight excluding hydrogens is 250 g/mol. The van der Waals surface area contributed by atoms with Gasteiger partial charge in [-0.05, 0) is 17.2 Å². The molecule has 100 valence electrons. The summed E-state index contributed by atoms with van der Waals surface area (Å²) in [5, 5.41) is 14.7. The molecule has 1 atom stereocenters. The third-order valence-electron chi connectivity index (χ3n) is 2.29. The summed E-state index contributed by atoms with van der Waals surface area (Å²) in [4.78, 5) is 28.5. The molecule has 19 heavy (non-hydrogen) atoms. The molecular formula is C11H13N5O3. The quantitative estimate of drug-likeness (QED) is 0.451. The van der Waals surface area contributed by atoms with Crippen LogP contribution < -0.4 is 5.32 Å². The van der Waals surface area contributed by atoms with Gasteiger partial charge in [-0.1, -0.05) is 11.2 Å². The van der Waals surface area contributed by atoms with E-state index in [1.807, 2.05) is 0 Å². The molecule has 1 amide bonds. The van der Waals surface area contributed by atoms with Gasteiger partial charge >= 0.3 is 5.97 Å². The van der Waals surface area contributed by atoms with E-state index in [1.165, 1.54) is 13.1 Å². The number of hydrogen-bond donors (Lipinski definition) is 2. The van der Waals surface area contributed by atoms with Gasteiger partial charge in [0.05, 0.1) is 6.54 Å². The monoisotopic (exact) mass is 263 g/mol. The van der Waals surface area contributed by atoms with E-state index in [9.17, 15) is 9.59 Å². The minimum absolute atomic E-state index is 0.0940. The van der Waals surface area contributed by atoms with E-state index in [4.69, 9.17) is 10.6 Å². The van der Waals surface area contributed by atoms with Gasteiger partial charge in [-0.2, -0.15) is 0 Å². The molecule has 1 rings (SSSR count). The van der Waals surface area contributed by atoms with E-state index >= 15 is 0 Å². The van der Waals surface area contributed by atoms with Crippen molar-refractivity contribution < 1.29 is 14.7 Å². The number of carbonyl (C=O) groups is 2. The van der Waals surface area contributed by atoms with E-state index in [0.29, 0.717) is 5.69 Å². The van der Waals surface area contributed by atoms with Crippen LogP contribution in [0.4, 0.5) is 0 Å². The number of nitrogens with zero attached hydrogens (tertiary/aromatic N) is 4. The molecule has 0 fully saturated rings. The topological polar surface area (TPSA) is 128 Å². The van der Waals surface area contributed by atoms with Crippen LogP contribution in [0.5, 0.6) is 0 Å². The molecule has 0 aliphatic rings. The average Bonchev–Trinajstić information content (AvgIpc) is 2.36. The second kappa shape index (κ2) is 6.97. The Morgan fingerprint density at radius 3 is 2.79 bits per heavy atom. The van der Waals surface area contributed by atoms with E-state index in [-0.39, 0.29) is 13.0 Å². The van der Waals surface area contributed by atoms with Gasteiger partial charge < -0.3 is 10.4 Å². The number of carboxylic acids is 1. The molecule has 0 saturated carbocycles. The van der Waals surface area contributed by atoms with Gasteiger partial charge in [-0.3, -0.25) is 9.78 Å². The lowest BCUT2D eigenvalue weighted by atomic mass is 10.1. The Bertz CT molecular complexity index is 508. The number of carboxylic acid groups (broad SMARTS) is 1. The number of nitrogens with one attached hydrogen (secondary N) is 1. The molecule has 0 aliphatic carbocycles. The number of pyridine rings is 1. The normalized spacial score (nSPS) is 11.2. The van der Waals surface area contributed by atoms with Crippen molar-refractivity contribution in [1.29, 1.82) is 0 Å². The molecule has 0 unspecified atom stereocenters. The molecule has 0 aromatic carbocycles. The molecule has 0 spiro atoms. The smallest absolute Gasteiger partial charge is 0.326 e. The van der Waals surface area contributed by atoms with Gasteiger partial charge in [0.15, 0.2) is 0 Å². The third-order valence-corrected chi connectivity index (χ3v) is 2.29. The van der Waals surface area contributed by atoms with E-state index in [0.717, 1.165) is 5.56 Å². The lowest BCUT2D eigenvalue weighted by molar-refractivity contribution is -0.141. The van der Waals surface area contributed by atoms with E-state index in [1.54, 1.807) is 12.1 Å². The minimum atomic E-state index is -1.12. The van der Waals surface area contributed by atoms with Crippen molar-refractivity contribution in [3.05, 3.63) is 40.0 Å². The second-order valence-electron chi connectivity index (χ2n) is 3.84. The highest BCUT2D eigenvalue weighted by atomic mass is 16.4. The number of amides is 1. The van der Waals surface area contributed by atoms with Gasteiger partial charge in [0.2, 0.25) is 5.91 Å². The van der Waals surface area contributed by atoms with E-state index in [2.05, 4.69) is 20.3 Å². The molecule has 1 aromatic rings. The van der Waals surface area contributed by atoms with Crippen LogP contribution >= 0.6 is 0 Å². The Morgan fingerprint density at radius 2 is 2.32 bits per heavy atom. The number of aromatic nitrogens is 1. The lowest BCUT2D eigenvalue weighted by Gasteiger charge is -2.12. The summed E-state index contributed by atoms with van der Waals surface area (Å²) in [5.41, 5.74) is 9.44. The summed E-state index contributed by atoms with van der Waals surface area (Å²) in [7, 11) is 0. The zero-order valence-electron chi connectivity index (χ0n) is 10.3. The zero-order chi connectivity index (χ0) is 14.3. The maximum atomic E-state index is 10.9. The minimum Gasteiger partial charge on any atom is -0.480 e. The standard InChI is InChI=1S/C11H13N5O3/c1-7(17)15-10(11(18)19)4-9-3-2-8(5-13-9)6-14-16-12/h2-3,5,10H,4,6H2,1H3,(H,15,17)(H,18,19)/t10-/m0/s1. The van der Waals surface area contributed by atoms with Crippen LogP contribution in [0.2, 0.25) is 0 Å². The molecule has 1 heterocycles. The fourth-order valence-corrected chi connectivity index (χ4v) is 1.44. The van der Waals surface area contributed by atoms with Crippen LogP contribution in [-0.4, -0.2) is 28.0 Å². The number of rotatable bonds is 6. The highest BCUT2D eigenvalue weighted by molar-refractivity contribution is 5.82. The summed E-state index contributed by atoms with van der Waals surface area (Å²) in [6, 6.07) is 2.33. The SMILES string of the molecule is CC(=O)N[C@@H](Cc1ccc(CN=[N+]=[N-])cn1)C(=O)O. The van der Waals surface area contributed by atoms with Crippen LogP contribution in [0.15, 0.2) is 23.4 Å². The fourth-order valence-electron chi connectivity index (χ4n) is 1.44. The molecule has 8 heteroatoms. The molecule has 0 bridgehead atoms. The van der Waals surface area contributed by atoms with Gasteiger partial charge in [0.25, 0.3) is 0 Å². The predicted octanol–water partition coefficient (Wildman–Crippen LogP) is 1.02. The molecule has 0 radical (unpaired) electrons. The van der Waals surface area contributed by atoms with Crippen LogP contribution in [0.3, 0.4) is 0 Å². The van der Waals surface area contributed by atoms with Crippen molar-refractivity contribution >= 4 is 11.9 Å².